The summed E-state index contributed by atoms with van der Waals surface area (Å²) >= 11 is 0. The van der Waals surface area contributed by atoms with E-state index >= 15 is 0 Å². The quantitative estimate of drug-likeness (QED) is 0.712. The van der Waals surface area contributed by atoms with Crippen molar-refractivity contribution in [3.8, 4) is 17.2 Å². The molecule has 0 aromatic heterocycles. The van der Waals surface area contributed by atoms with E-state index in [4.69, 9.17) is 5.26 Å². The summed E-state index contributed by atoms with van der Waals surface area (Å²) in [6.45, 7) is 6.64. The second kappa shape index (κ2) is 4.66. The third-order valence-corrected chi connectivity index (χ3v) is 3.08. The van der Waals surface area contributed by atoms with E-state index in [1.807, 2.05) is 24.3 Å². The third-order valence-electron chi connectivity index (χ3n) is 3.08. The van der Waals surface area contributed by atoms with Crippen molar-refractivity contribution in [1.82, 2.24) is 0 Å². The Morgan fingerprint density at radius 2 is 1.56 bits per heavy atom. The lowest BCUT2D eigenvalue weighted by Gasteiger charge is -2.19. The van der Waals surface area contributed by atoms with Crippen molar-refractivity contribution in [3.63, 3.8) is 0 Å². The van der Waals surface area contributed by atoms with E-state index in [1.54, 1.807) is 0 Å². The van der Waals surface area contributed by atoms with Crippen molar-refractivity contribution in [2.45, 2.75) is 26.2 Å². The zero-order valence-corrected chi connectivity index (χ0v) is 11.1. The Hall–Kier alpha value is -2.07. The van der Waals surface area contributed by atoms with Crippen LogP contribution in [0.25, 0.3) is 11.1 Å². The SMILES string of the molecule is CC(C)(C)c1cccc(-c2ccc(C#N)cc2)c1. The molecule has 0 fully saturated rings. The van der Waals surface area contributed by atoms with E-state index in [2.05, 4.69) is 51.1 Å². The maximum atomic E-state index is 8.80. The molecule has 0 aliphatic heterocycles. The first-order valence-corrected chi connectivity index (χ1v) is 6.12. The van der Waals surface area contributed by atoms with Crippen LogP contribution in [0.2, 0.25) is 0 Å². The van der Waals surface area contributed by atoms with Crippen molar-refractivity contribution < 1.29 is 0 Å². The van der Waals surface area contributed by atoms with Gasteiger partial charge in [0.25, 0.3) is 0 Å². The van der Waals surface area contributed by atoms with E-state index in [9.17, 15) is 0 Å². The van der Waals surface area contributed by atoms with Gasteiger partial charge >= 0.3 is 0 Å². The zero-order chi connectivity index (χ0) is 13.2. The molecular weight excluding hydrogens is 218 g/mol. The maximum Gasteiger partial charge on any atom is 0.0991 e. The van der Waals surface area contributed by atoms with Crippen molar-refractivity contribution in [2.24, 2.45) is 0 Å². The number of benzene rings is 2. The maximum absolute atomic E-state index is 8.80. The van der Waals surface area contributed by atoms with E-state index in [1.165, 1.54) is 11.1 Å². The molecule has 0 amide bonds. The minimum atomic E-state index is 0.155. The minimum Gasteiger partial charge on any atom is -0.192 e. The van der Waals surface area contributed by atoms with Crippen molar-refractivity contribution in [2.75, 3.05) is 0 Å². The van der Waals surface area contributed by atoms with E-state index in [-0.39, 0.29) is 5.41 Å². The van der Waals surface area contributed by atoms with Gasteiger partial charge in [0.1, 0.15) is 0 Å². The second-order valence-corrected chi connectivity index (χ2v) is 5.52. The van der Waals surface area contributed by atoms with Gasteiger partial charge in [-0.05, 0) is 34.2 Å². The Morgan fingerprint density at radius 1 is 0.889 bits per heavy atom. The highest BCUT2D eigenvalue weighted by Gasteiger charge is 2.13. The highest BCUT2D eigenvalue weighted by molar-refractivity contribution is 5.65. The lowest BCUT2D eigenvalue weighted by Crippen LogP contribution is -2.10. The Morgan fingerprint density at radius 3 is 2.11 bits per heavy atom. The van der Waals surface area contributed by atoms with Crippen LogP contribution in [-0.4, -0.2) is 0 Å². The average molecular weight is 235 g/mol. The molecule has 0 aliphatic rings. The molecule has 0 heterocycles. The van der Waals surface area contributed by atoms with Crippen LogP contribution in [-0.2, 0) is 5.41 Å². The topological polar surface area (TPSA) is 23.8 Å². The van der Waals surface area contributed by atoms with Crippen LogP contribution in [0, 0.1) is 11.3 Å². The first-order chi connectivity index (χ1) is 8.50. The fraction of sp³-hybridized carbons (Fsp3) is 0.235. The van der Waals surface area contributed by atoms with Crippen LogP contribution in [0.5, 0.6) is 0 Å². The molecule has 2 aromatic carbocycles. The molecule has 0 saturated heterocycles. The van der Waals surface area contributed by atoms with Crippen molar-refractivity contribution >= 4 is 0 Å². The minimum absolute atomic E-state index is 0.155. The Balaban J connectivity index is 2.42. The second-order valence-electron chi connectivity index (χ2n) is 5.52. The Bertz CT molecular complexity index is 580. The molecule has 1 heteroatoms. The molecule has 0 radical (unpaired) electrons. The standard InChI is InChI=1S/C17H17N/c1-17(2,3)16-6-4-5-15(11-16)14-9-7-13(12-18)8-10-14/h4-11H,1-3H3. The fourth-order valence-corrected chi connectivity index (χ4v) is 1.90. The predicted octanol–water partition coefficient (Wildman–Crippen LogP) is 4.52. The van der Waals surface area contributed by atoms with Crippen LogP contribution in [0.15, 0.2) is 48.5 Å². The van der Waals surface area contributed by atoms with Gasteiger partial charge in [-0.1, -0.05) is 57.2 Å². The molecule has 1 nitrogen and oxygen atoms in total. The summed E-state index contributed by atoms with van der Waals surface area (Å²) in [4.78, 5) is 0. The van der Waals surface area contributed by atoms with Crippen molar-refractivity contribution in [1.29, 1.82) is 5.26 Å². The van der Waals surface area contributed by atoms with E-state index in [0.29, 0.717) is 5.56 Å². The third kappa shape index (κ3) is 2.60. The van der Waals surface area contributed by atoms with Gasteiger partial charge in [-0.25, -0.2) is 0 Å². The first kappa shape index (κ1) is 12.4. The summed E-state index contributed by atoms with van der Waals surface area (Å²) < 4.78 is 0. The fourth-order valence-electron chi connectivity index (χ4n) is 1.90. The summed E-state index contributed by atoms with van der Waals surface area (Å²) in [6.07, 6.45) is 0. The van der Waals surface area contributed by atoms with Crippen molar-refractivity contribution in [3.05, 3.63) is 59.7 Å². The monoisotopic (exact) mass is 235 g/mol. The van der Waals surface area contributed by atoms with Crippen LogP contribution in [0.4, 0.5) is 0 Å². The number of hydrogen-bond acceptors (Lipinski definition) is 1. The average Bonchev–Trinajstić information content (AvgIpc) is 2.38. The molecule has 2 rings (SSSR count). The van der Waals surface area contributed by atoms with E-state index in [0.717, 1.165) is 5.56 Å². The Labute approximate surface area is 109 Å². The smallest absolute Gasteiger partial charge is 0.0991 e. The molecule has 18 heavy (non-hydrogen) atoms. The molecule has 0 N–H and O–H groups in total. The highest BCUT2D eigenvalue weighted by atomic mass is 14.2. The summed E-state index contributed by atoms with van der Waals surface area (Å²) in [7, 11) is 0. The predicted molar refractivity (Wildman–Crippen MR) is 75.3 cm³/mol. The summed E-state index contributed by atoms with van der Waals surface area (Å²) in [5, 5.41) is 8.80. The normalized spacial score (nSPS) is 11.0. The first-order valence-electron chi connectivity index (χ1n) is 6.12. The van der Waals surface area contributed by atoms with Gasteiger partial charge in [0, 0.05) is 0 Å². The molecule has 0 atom stereocenters. The van der Waals surface area contributed by atoms with Gasteiger partial charge in [-0.2, -0.15) is 5.26 Å². The lowest BCUT2D eigenvalue weighted by molar-refractivity contribution is 0.590. The van der Waals surface area contributed by atoms with Gasteiger partial charge in [-0.3, -0.25) is 0 Å². The molecule has 0 aliphatic carbocycles. The van der Waals surface area contributed by atoms with Gasteiger partial charge in [0.15, 0.2) is 0 Å². The molecule has 0 bridgehead atoms. The number of nitrogens with zero attached hydrogens (tertiary/aromatic N) is 1. The summed E-state index contributed by atoms with van der Waals surface area (Å²) in [5.41, 5.74) is 4.53. The van der Waals surface area contributed by atoms with Crippen LogP contribution in [0.1, 0.15) is 31.9 Å². The molecule has 0 spiro atoms. The van der Waals surface area contributed by atoms with Gasteiger partial charge < -0.3 is 0 Å². The van der Waals surface area contributed by atoms with Crippen LogP contribution < -0.4 is 0 Å². The number of nitriles is 1. The van der Waals surface area contributed by atoms with Gasteiger partial charge in [0.05, 0.1) is 11.6 Å². The Kier molecular flexibility index (Phi) is 3.21. The van der Waals surface area contributed by atoms with Crippen LogP contribution in [0.3, 0.4) is 0 Å². The molecular formula is C17H17N. The van der Waals surface area contributed by atoms with Gasteiger partial charge in [0.2, 0.25) is 0 Å². The van der Waals surface area contributed by atoms with Gasteiger partial charge in [-0.15, -0.1) is 0 Å². The number of rotatable bonds is 1. The van der Waals surface area contributed by atoms with E-state index < -0.39 is 0 Å². The largest absolute Gasteiger partial charge is 0.192 e. The molecule has 0 saturated carbocycles. The highest BCUT2D eigenvalue weighted by Crippen LogP contribution is 2.27. The molecule has 90 valence electrons. The zero-order valence-electron chi connectivity index (χ0n) is 11.1. The molecule has 0 unspecified atom stereocenters. The molecule has 2 aromatic rings. The summed E-state index contributed by atoms with van der Waals surface area (Å²) in [6, 6.07) is 18.4. The number of hydrogen-bond donors (Lipinski definition) is 0. The van der Waals surface area contributed by atoms with Crippen LogP contribution >= 0.6 is 0 Å². The lowest BCUT2D eigenvalue weighted by atomic mass is 9.85. The summed E-state index contributed by atoms with van der Waals surface area (Å²) in [5.74, 6) is 0.